The molecule has 2 nitrogen and oxygen atoms in total. The van der Waals surface area contributed by atoms with Gasteiger partial charge in [0.2, 0.25) is 0 Å². The molecule has 0 radical (unpaired) electrons. The van der Waals surface area contributed by atoms with Crippen LogP contribution in [-0.2, 0) is 9.53 Å². The quantitative estimate of drug-likeness (QED) is 0.707. The highest BCUT2D eigenvalue weighted by Gasteiger charge is 2.19. The van der Waals surface area contributed by atoms with E-state index in [4.69, 9.17) is 4.74 Å². The molecule has 0 spiro atoms. The topological polar surface area (TPSA) is 26.3 Å². The van der Waals surface area contributed by atoms with Gasteiger partial charge >= 0.3 is 5.97 Å². The zero-order chi connectivity index (χ0) is 11.4. The summed E-state index contributed by atoms with van der Waals surface area (Å²) in [4.78, 5) is 11.1. The fourth-order valence-corrected chi connectivity index (χ4v) is 1.61. The first-order valence-corrected chi connectivity index (χ1v) is 5.38. The zero-order valence-electron chi connectivity index (χ0n) is 9.17. The van der Waals surface area contributed by atoms with Crippen molar-refractivity contribution < 1.29 is 9.53 Å². The predicted molar refractivity (Wildman–Crippen MR) is 63.7 cm³/mol. The van der Waals surface area contributed by atoms with E-state index < -0.39 is 0 Å². The van der Waals surface area contributed by atoms with Gasteiger partial charge in [-0.25, -0.2) is 4.79 Å². The summed E-state index contributed by atoms with van der Waals surface area (Å²) < 4.78 is 5.21. The van der Waals surface area contributed by atoms with E-state index in [-0.39, 0.29) is 18.0 Å². The third-order valence-electron chi connectivity index (χ3n) is 2.58. The first-order chi connectivity index (χ1) is 7.75. The van der Waals surface area contributed by atoms with Crippen molar-refractivity contribution in [1.82, 2.24) is 0 Å². The fraction of sp³-hybridized carbons (Fsp3) is 0.214. The van der Waals surface area contributed by atoms with Crippen molar-refractivity contribution in [3.63, 3.8) is 0 Å². The molecule has 0 aromatic heterocycles. The summed E-state index contributed by atoms with van der Waals surface area (Å²) in [6.45, 7) is 2.03. The van der Waals surface area contributed by atoms with Crippen LogP contribution in [0.3, 0.4) is 0 Å². The summed E-state index contributed by atoms with van der Waals surface area (Å²) in [7, 11) is 0. The molecule has 2 atom stereocenters. The standard InChI is InChI=1S/C14H14O2/c1-11-7-10-14(15)16-13(11)9-8-12-5-3-2-4-6-12/h2-11,13H,1H3/b9-8+/t11-,13+/m0/s1. The normalized spacial score (nSPS) is 24.7. The molecule has 0 amide bonds. The van der Waals surface area contributed by atoms with E-state index in [0.717, 1.165) is 5.56 Å². The van der Waals surface area contributed by atoms with Crippen LogP contribution in [0.1, 0.15) is 12.5 Å². The number of rotatable bonds is 2. The number of benzene rings is 1. The SMILES string of the molecule is C[C@H]1C=CC(=O)O[C@@H]1/C=C/c1ccccc1. The Morgan fingerprint density at radius 2 is 2.00 bits per heavy atom. The largest absolute Gasteiger partial charge is 0.454 e. The highest BCUT2D eigenvalue weighted by atomic mass is 16.5. The molecule has 1 aliphatic rings. The Bertz CT molecular complexity index is 418. The minimum Gasteiger partial charge on any atom is -0.454 e. The van der Waals surface area contributed by atoms with E-state index in [9.17, 15) is 4.79 Å². The third-order valence-corrected chi connectivity index (χ3v) is 2.58. The number of carbonyl (C=O) groups excluding carboxylic acids is 1. The number of hydrogen-bond donors (Lipinski definition) is 0. The first-order valence-electron chi connectivity index (χ1n) is 5.38. The number of hydrogen-bond acceptors (Lipinski definition) is 2. The molecule has 0 unspecified atom stereocenters. The number of carbonyl (C=O) groups is 1. The lowest BCUT2D eigenvalue weighted by Crippen LogP contribution is -2.25. The highest BCUT2D eigenvalue weighted by molar-refractivity contribution is 5.83. The summed E-state index contributed by atoms with van der Waals surface area (Å²) in [6, 6.07) is 9.97. The Morgan fingerprint density at radius 3 is 2.75 bits per heavy atom. The first kappa shape index (κ1) is 10.7. The Morgan fingerprint density at radius 1 is 1.25 bits per heavy atom. The van der Waals surface area contributed by atoms with E-state index in [2.05, 4.69) is 0 Å². The average molecular weight is 214 g/mol. The van der Waals surface area contributed by atoms with Crippen molar-refractivity contribution in [2.75, 3.05) is 0 Å². The van der Waals surface area contributed by atoms with Crippen molar-refractivity contribution in [3.8, 4) is 0 Å². The van der Waals surface area contributed by atoms with E-state index in [1.807, 2.05) is 55.5 Å². The predicted octanol–water partition coefficient (Wildman–Crippen LogP) is 2.82. The summed E-state index contributed by atoms with van der Waals surface area (Å²) in [5.74, 6) is -0.0292. The highest BCUT2D eigenvalue weighted by Crippen LogP contribution is 2.17. The molecule has 0 bridgehead atoms. The molecule has 82 valence electrons. The van der Waals surface area contributed by atoms with E-state index in [1.165, 1.54) is 6.08 Å². The molecule has 0 saturated heterocycles. The zero-order valence-corrected chi connectivity index (χ0v) is 9.17. The molecule has 1 heterocycles. The minimum absolute atomic E-state index is 0.155. The monoisotopic (exact) mass is 214 g/mol. The Hall–Kier alpha value is -1.83. The molecular weight excluding hydrogens is 200 g/mol. The molecule has 0 saturated carbocycles. The average Bonchev–Trinajstić information content (AvgIpc) is 2.32. The van der Waals surface area contributed by atoms with Crippen molar-refractivity contribution in [2.45, 2.75) is 13.0 Å². The van der Waals surface area contributed by atoms with E-state index >= 15 is 0 Å². The summed E-state index contributed by atoms with van der Waals surface area (Å²) in [6.07, 6.45) is 7.12. The van der Waals surface area contributed by atoms with Crippen molar-refractivity contribution >= 4 is 12.0 Å². The van der Waals surface area contributed by atoms with Gasteiger partial charge in [-0.3, -0.25) is 0 Å². The summed E-state index contributed by atoms with van der Waals surface area (Å²) in [5.41, 5.74) is 1.11. The maximum absolute atomic E-state index is 11.1. The van der Waals surface area contributed by atoms with Crippen molar-refractivity contribution in [1.29, 1.82) is 0 Å². The second kappa shape index (κ2) is 4.79. The minimum atomic E-state index is -0.263. The van der Waals surface area contributed by atoms with E-state index in [0.29, 0.717) is 0 Å². The van der Waals surface area contributed by atoms with Gasteiger partial charge in [0.15, 0.2) is 0 Å². The van der Waals surface area contributed by atoms with Crippen LogP contribution in [-0.4, -0.2) is 12.1 Å². The maximum atomic E-state index is 11.1. The van der Waals surface area contributed by atoms with Crippen LogP contribution in [0.2, 0.25) is 0 Å². The number of cyclic esters (lactones) is 1. The lowest BCUT2D eigenvalue weighted by molar-refractivity contribution is -0.143. The van der Waals surface area contributed by atoms with Gasteiger partial charge in [0.05, 0.1) is 0 Å². The van der Waals surface area contributed by atoms with Gasteiger partial charge in [-0.1, -0.05) is 49.4 Å². The van der Waals surface area contributed by atoms with Crippen LogP contribution in [0.15, 0.2) is 48.6 Å². The molecule has 1 aliphatic heterocycles. The van der Waals surface area contributed by atoms with Crippen LogP contribution in [0, 0.1) is 5.92 Å². The van der Waals surface area contributed by atoms with Crippen molar-refractivity contribution in [3.05, 3.63) is 54.1 Å². The number of esters is 1. The van der Waals surface area contributed by atoms with Crippen molar-refractivity contribution in [2.24, 2.45) is 5.92 Å². The van der Waals surface area contributed by atoms with Gasteiger partial charge in [-0.05, 0) is 11.6 Å². The van der Waals surface area contributed by atoms with Gasteiger partial charge < -0.3 is 4.74 Å². The molecule has 1 aromatic carbocycles. The second-order valence-corrected chi connectivity index (χ2v) is 3.89. The van der Waals surface area contributed by atoms with Crippen LogP contribution < -0.4 is 0 Å². The Balaban J connectivity index is 2.07. The van der Waals surface area contributed by atoms with Gasteiger partial charge in [-0.15, -0.1) is 0 Å². The lowest BCUT2D eigenvalue weighted by atomic mass is 10.0. The fourth-order valence-electron chi connectivity index (χ4n) is 1.61. The van der Waals surface area contributed by atoms with Gasteiger partial charge in [0.25, 0.3) is 0 Å². The molecule has 0 N–H and O–H groups in total. The molecule has 2 heteroatoms. The molecule has 2 rings (SSSR count). The molecule has 1 aromatic rings. The Kier molecular flexibility index (Phi) is 3.20. The lowest BCUT2D eigenvalue weighted by Gasteiger charge is -2.21. The van der Waals surface area contributed by atoms with Gasteiger partial charge in [0.1, 0.15) is 6.10 Å². The third kappa shape index (κ3) is 2.60. The summed E-state index contributed by atoms with van der Waals surface area (Å²) in [5, 5.41) is 0. The van der Waals surface area contributed by atoms with Gasteiger partial charge in [-0.2, -0.15) is 0 Å². The second-order valence-electron chi connectivity index (χ2n) is 3.89. The van der Waals surface area contributed by atoms with Crippen LogP contribution in [0.5, 0.6) is 0 Å². The number of ether oxygens (including phenoxy) is 1. The van der Waals surface area contributed by atoms with E-state index in [1.54, 1.807) is 0 Å². The van der Waals surface area contributed by atoms with Crippen LogP contribution in [0.25, 0.3) is 6.08 Å². The molecular formula is C14H14O2. The summed E-state index contributed by atoms with van der Waals surface area (Å²) >= 11 is 0. The maximum Gasteiger partial charge on any atom is 0.331 e. The molecule has 0 fully saturated rings. The Labute approximate surface area is 95.2 Å². The van der Waals surface area contributed by atoms with Gasteiger partial charge in [0, 0.05) is 12.0 Å². The molecule has 0 aliphatic carbocycles. The van der Waals surface area contributed by atoms with Crippen LogP contribution in [0.4, 0.5) is 0 Å². The smallest absolute Gasteiger partial charge is 0.331 e. The molecule has 16 heavy (non-hydrogen) atoms. The van der Waals surface area contributed by atoms with Crippen LogP contribution >= 0.6 is 0 Å².